The molecule has 1 fully saturated rings. The number of aliphatic hydroxyl groups excluding tert-OH is 1. The molecule has 1 saturated heterocycles. The summed E-state index contributed by atoms with van der Waals surface area (Å²) >= 11 is 7.01. The lowest BCUT2D eigenvalue weighted by atomic mass is 10.2. The number of hydrogen-bond donors (Lipinski definition) is 2. The van der Waals surface area contributed by atoms with E-state index in [9.17, 15) is 24.2 Å². The first kappa shape index (κ1) is 25.4. The third-order valence-electron chi connectivity index (χ3n) is 6.29. The van der Waals surface area contributed by atoms with Crippen molar-refractivity contribution in [2.24, 2.45) is 0 Å². The summed E-state index contributed by atoms with van der Waals surface area (Å²) in [5.74, 6) is -3.30. The van der Waals surface area contributed by atoms with Crippen molar-refractivity contribution in [2.75, 3.05) is 27.2 Å². The smallest absolute Gasteiger partial charge is 0.338 e. The number of carbonyl (C=O) groups excluding carboxylic acids is 1. The number of rotatable bonds is 6. The summed E-state index contributed by atoms with van der Waals surface area (Å²) in [5, 5.41) is 19.9. The van der Waals surface area contributed by atoms with Crippen molar-refractivity contribution in [2.45, 2.75) is 35.4 Å². The van der Waals surface area contributed by atoms with Crippen LogP contribution in [0.1, 0.15) is 16.1 Å². The number of carbonyl (C=O) groups is 2. The molecule has 35 heavy (non-hydrogen) atoms. The van der Waals surface area contributed by atoms with E-state index in [0.29, 0.717) is 22.5 Å². The molecule has 3 aromatic rings. The number of aromatic nitrogens is 1. The lowest BCUT2D eigenvalue weighted by Crippen LogP contribution is -2.38. The Labute approximate surface area is 209 Å². The molecule has 2 atom stereocenters. The molecule has 11 heteroatoms. The Balaban J connectivity index is 1.75. The predicted molar refractivity (Wildman–Crippen MR) is 129 cm³/mol. The molecule has 1 aliphatic heterocycles. The van der Waals surface area contributed by atoms with E-state index in [4.69, 9.17) is 11.6 Å². The number of amides is 1. The normalized spacial score (nSPS) is 18.1. The minimum atomic E-state index is -1.39. The largest absolute Gasteiger partial charge is 0.478 e. The van der Waals surface area contributed by atoms with Gasteiger partial charge in [0, 0.05) is 34.0 Å². The molecule has 1 amide bonds. The highest BCUT2D eigenvalue weighted by Gasteiger charge is 2.35. The highest BCUT2D eigenvalue weighted by molar-refractivity contribution is 7.99. The Bertz CT molecular complexity index is 1330. The van der Waals surface area contributed by atoms with Gasteiger partial charge in [-0.15, -0.1) is 0 Å². The molecule has 1 aromatic heterocycles. The maximum Gasteiger partial charge on any atom is 0.338 e. The molecular formula is C24H24ClF2N3O4S. The summed E-state index contributed by atoms with van der Waals surface area (Å²) < 4.78 is 31.6. The average Bonchev–Trinajstić information content (AvgIpc) is 3.31. The molecule has 0 bridgehead atoms. The van der Waals surface area contributed by atoms with Crippen LogP contribution in [-0.2, 0) is 11.3 Å². The van der Waals surface area contributed by atoms with Crippen molar-refractivity contribution in [1.29, 1.82) is 0 Å². The second kappa shape index (κ2) is 9.77. The zero-order chi connectivity index (χ0) is 25.6. The van der Waals surface area contributed by atoms with Crippen molar-refractivity contribution >= 4 is 46.1 Å². The van der Waals surface area contributed by atoms with Gasteiger partial charge in [-0.25, -0.2) is 13.6 Å². The van der Waals surface area contributed by atoms with Gasteiger partial charge in [0.15, 0.2) is 11.6 Å². The average molecular weight is 524 g/mol. The molecule has 0 spiro atoms. The molecule has 2 heterocycles. The Hall–Kier alpha value is -2.66. The summed E-state index contributed by atoms with van der Waals surface area (Å²) in [6.45, 7) is 1.98. The van der Waals surface area contributed by atoms with E-state index in [0.717, 1.165) is 11.8 Å². The number of β-amino-alcohol motifs (C(OH)–C–C–N with tert-alkyl or cyclic N) is 1. The molecule has 0 saturated carbocycles. The van der Waals surface area contributed by atoms with Gasteiger partial charge in [-0.2, -0.15) is 0 Å². The Morgan fingerprint density at radius 3 is 2.51 bits per heavy atom. The topological polar surface area (TPSA) is 86.0 Å². The summed E-state index contributed by atoms with van der Waals surface area (Å²) in [5.41, 5.74) is 0.136. The van der Waals surface area contributed by atoms with Crippen molar-refractivity contribution < 1.29 is 28.6 Å². The summed E-state index contributed by atoms with van der Waals surface area (Å²) in [6.07, 6.45) is -0.696. The third kappa shape index (κ3) is 4.63. The van der Waals surface area contributed by atoms with E-state index < -0.39 is 29.3 Å². The maximum absolute atomic E-state index is 15.2. The number of aliphatic hydroxyl groups is 1. The Morgan fingerprint density at radius 1 is 1.17 bits per heavy atom. The van der Waals surface area contributed by atoms with Gasteiger partial charge >= 0.3 is 5.97 Å². The third-order valence-corrected chi connectivity index (χ3v) is 7.84. The first-order valence-electron chi connectivity index (χ1n) is 10.8. The van der Waals surface area contributed by atoms with Gasteiger partial charge < -0.3 is 24.6 Å². The molecule has 2 aromatic carbocycles. The number of likely N-dealkylation sites (N-methyl/N-ethyl adjacent to an activating group) is 1. The molecular weight excluding hydrogens is 500 g/mol. The van der Waals surface area contributed by atoms with E-state index >= 15 is 4.39 Å². The number of fused-ring (bicyclic) bond motifs is 1. The minimum absolute atomic E-state index is 0.0604. The van der Waals surface area contributed by atoms with Crippen LogP contribution >= 0.6 is 23.4 Å². The van der Waals surface area contributed by atoms with E-state index in [1.807, 2.05) is 19.0 Å². The molecule has 1 unspecified atom stereocenters. The fourth-order valence-electron chi connectivity index (χ4n) is 4.38. The van der Waals surface area contributed by atoms with Crippen LogP contribution in [0.2, 0.25) is 5.02 Å². The van der Waals surface area contributed by atoms with Gasteiger partial charge in [0.1, 0.15) is 6.54 Å². The zero-order valence-electron chi connectivity index (χ0n) is 19.3. The van der Waals surface area contributed by atoms with Crippen LogP contribution < -0.4 is 0 Å². The molecule has 1 aliphatic rings. The highest BCUT2D eigenvalue weighted by atomic mass is 35.5. The second-order valence-electron chi connectivity index (χ2n) is 8.68. The van der Waals surface area contributed by atoms with E-state index in [1.54, 1.807) is 13.0 Å². The van der Waals surface area contributed by atoms with Gasteiger partial charge in [-0.3, -0.25) is 4.79 Å². The predicted octanol–water partition coefficient (Wildman–Crippen LogP) is 3.86. The van der Waals surface area contributed by atoms with Gasteiger partial charge in [0.05, 0.1) is 28.2 Å². The van der Waals surface area contributed by atoms with Crippen LogP contribution in [0, 0.1) is 18.6 Å². The second-order valence-corrected chi connectivity index (χ2v) is 10.1. The van der Waals surface area contributed by atoms with Gasteiger partial charge in [-0.1, -0.05) is 29.4 Å². The van der Waals surface area contributed by atoms with Crippen molar-refractivity contribution in [1.82, 2.24) is 14.4 Å². The minimum Gasteiger partial charge on any atom is -0.478 e. The number of aromatic carboxylic acids is 1. The van der Waals surface area contributed by atoms with Gasteiger partial charge in [0.2, 0.25) is 5.91 Å². The number of hydrogen-bond acceptors (Lipinski definition) is 5. The molecule has 4 rings (SSSR count). The molecule has 7 nitrogen and oxygen atoms in total. The number of nitrogens with zero attached hydrogens (tertiary/aromatic N) is 3. The summed E-state index contributed by atoms with van der Waals surface area (Å²) in [7, 11) is 3.65. The fraction of sp³-hybridized carbons (Fsp3) is 0.333. The van der Waals surface area contributed by atoms with Crippen molar-refractivity contribution in [3.05, 3.63) is 58.2 Å². The van der Waals surface area contributed by atoms with Crippen LogP contribution in [0.4, 0.5) is 8.78 Å². The van der Waals surface area contributed by atoms with Crippen LogP contribution in [0.3, 0.4) is 0 Å². The Morgan fingerprint density at radius 2 is 1.89 bits per heavy atom. The van der Waals surface area contributed by atoms with Crippen LogP contribution in [-0.4, -0.2) is 75.8 Å². The van der Waals surface area contributed by atoms with Crippen LogP contribution in [0.5, 0.6) is 0 Å². The van der Waals surface area contributed by atoms with Gasteiger partial charge in [0.25, 0.3) is 0 Å². The number of halogens is 3. The zero-order valence-corrected chi connectivity index (χ0v) is 20.8. The number of likely N-dealkylation sites (tertiary alicyclic amines) is 1. The quantitative estimate of drug-likeness (QED) is 0.510. The van der Waals surface area contributed by atoms with Gasteiger partial charge in [-0.05, 0) is 45.3 Å². The summed E-state index contributed by atoms with van der Waals surface area (Å²) in [4.78, 5) is 28.4. The number of benzene rings is 2. The monoisotopic (exact) mass is 523 g/mol. The number of carboxylic acids is 1. The number of carboxylic acid groups (broad SMARTS) is 1. The van der Waals surface area contributed by atoms with Crippen molar-refractivity contribution in [3.63, 3.8) is 0 Å². The highest BCUT2D eigenvalue weighted by Crippen LogP contribution is 2.41. The lowest BCUT2D eigenvalue weighted by molar-refractivity contribution is -0.131. The molecule has 0 aliphatic carbocycles. The molecule has 0 radical (unpaired) electrons. The van der Waals surface area contributed by atoms with E-state index in [1.165, 1.54) is 33.7 Å². The standard InChI is InChI=1S/C24H24ClF2N3O4S/c1-12-23(35-18-6-4-5-13(20(18)26)24(33)34)14-7-8-15(25)21(27)22(14)30(12)11-19(32)29-9-16(28(2)3)17(31)10-29/h4-8,16-17,31H,9-11H2,1-3H3,(H,33,34)/t16?,17-/m0/s1. The first-order chi connectivity index (χ1) is 16.5. The summed E-state index contributed by atoms with van der Waals surface area (Å²) in [6, 6.07) is 6.82. The van der Waals surface area contributed by atoms with E-state index in [-0.39, 0.29) is 40.5 Å². The molecule has 2 N–H and O–H groups in total. The van der Waals surface area contributed by atoms with E-state index in [2.05, 4.69) is 0 Å². The molecule has 186 valence electrons. The lowest BCUT2D eigenvalue weighted by Gasteiger charge is -2.22. The van der Waals surface area contributed by atoms with Crippen molar-refractivity contribution in [3.8, 4) is 0 Å². The first-order valence-corrected chi connectivity index (χ1v) is 12.0. The fourth-order valence-corrected chi connectivity index (χ4v) is 5.63. The maximum atomic E-state index is 15.2. The SMILES string of the molecule is Cc1c(Sc2cccc(C(=O)O)c2F)c2ccc(Cl)c(F)c2n1CC(=O)N1CC(N(C)C)[C@@H](O)C1. The van der Waals surface area contributed by atoms with Crippen LogP contribution in [0.15, 0.2) is 40.1 Å². The van der Waals surface area contributed by atoms with Crippen LogP contribution in [0.25, 0.3) is 10.9 Å². The Kier molecular flexibility index (Phi) is 7.10.